The van der Waals surface area contributed by atoms with Gasteiger partial charge in [-0.25, -0.2) is 0 Å². The van der Waals surface area contributed by atoms with Crippen LogP contribution in [0.15, 0.2) is 23.5 Å². The smallest absolute Gasteiger partial charge is 0.242 e. The van der Waals surface area contributed by atoms with Crippen molar-refractivity contribution in [3.8, 4) is 0 Å². The fourth-order valence-electron chi connectivity index (χ4n) is 2.27. The minimum absolute atomic E-state index is 0. The molecule has 0 aliphatic rings. The van der Waals surface area contributed by atoms with Gasteiger partial charge in [0.1, 0.15) is 0 Å². The third kappa shape index (κ3) is 7.98. The molecule has 0 saturated carbocycles. The molecule has 0 bridgehead atoms. The van der Waals surface area contributed by atoms with Gasteiger partial charge in [-0.2, -0.15) is 5.10 Å². The number of rotatable bonds is 9. The van der Waals surface area contributed by atoms with E-state index in [2.05, 4.69) is 15.4 Å². The van der Waals surface area contributed by atoms with Crippen molar-refractivity contribution in [2.75, 3.05) is 39.8 Å². The largest absolute Gasteiger partial charge is 0.357 e. The predicted octanol–water partition coefficient (Wildman–Crippen LogP) is 1.66. The van der Waals surface area contributed by atoms with Gasteiger partial charge in [0.2, 0.25) is 5.91 Å². The van der Waals surface area contributed by atoms with Gasteiger partial charge in [0.25, 0.3) is 0 Å². The van der Waals surface area contributed by atoms with Gasteiger partial charge in [0.15, 0.2) is 5.96 Å². The molecule has 8 heteroatoms. The number of likely N-dealkylation sites (N-methyl/N-ethyl adjacent to an activating group) is 2. The van der Waals surface area contributed by atoms with Gasteiger partial charge >= 0.3 is 0 Å². The van der Waals surface area contributed by atoms with E-state index in [0.29, 0.717) is 13.1 Å². The maximum absolute atomic E-state index is 12.2. The summed E-state index contributed by atoms with van der Waals surface area (Å²) in [6.07, 6.45) is 4.64. The van der Waals surface area contributed by atoms with Gasteiger partial charge in [0.05, 0.1) is 6.54 Å². The summed E-state index contributed by atoms with van der Waals surface area (Å²) in [6, 6.07) is 1.92. The van der Waals surface area contributed by atoms with Crippen LogP contribution in [0.25, 0.3) is 0 Å². The van der Waals surface area contributed by atoms with Gasteiger partial charge in [-0.3, -0.25) is 14.5 Å². The van der Waals surface area contributed by atoms with Crippen LogP contribution in [-0.2, 0) is 11.3 Å². The van der Waals surface area contributed by atoms with Gasteiger partial charge in [0, 0.05) is 52.2 Å². The lowest BCUT2D eigenvalue weighted by atomic mass is 10.4. The summed E-state index contributed by atoms with van der Waals surface area (Å²) in [7, 11) is 1.90. The van der Waals surface area contributed by atoms with Crippen LogP contribution in [0, 0.1) is 0 Å². The normalized spacial score (nSPS) is 10.9. The number of carbonyl (C=O) groups excluding carboxylic acids is 1. The number of halogens is 1. The minimum atomic E-state index is 0. The summed E-state index contributed by atoms with van der Waals surface area (Å²) < 4.78 is 1.90. The number of nitrogens with one attached hydrogen (secondary N) is 1. The number of hydrogen-bond donors (Lipinski definition) is 1. The molecule has 0 aromatic carbocycles. The standard InChI is InChI=1S/C16H30N6O.HI/c1-5-17-16(18-10-8-12-22-13-9-11-19-22)20(4)14-15(23)21(6-2)7-3;/h9,11,13H,5-8,10,12,14H2,1-4H3,(H,17,18);1H. The van der Waals surface area contributed by atoms with Crippen LogP contribution >= 0.6 is 24.0 Å². The first-order valence-corrected chi connectivity index (χ1v) is 8.36. The molecule has 7 nitrogen and oxygen atoms in total. The molecule has 1 rings (SSSR count). The van der Waals surface area contributed by atoms with Crippen molar-refractivity contribution in [3.63, 3.8) is 0 Å². The molecule has 0 aliphatic heterocycles. The Morgan fingerprint density at radius 3 is 2.54 bits per heavy atom. The van der Waals surface area contributed by atoms with Crippen molar-refractivity contribution in [2.24, 2.45) is 4.99 Å². The molecule has 138 valence electrons. The van der Waals surface area contributed by atoms with Crippen LogP contribution in [0.4, 0.5) is 0 Å². The molecule has 0 saturated heterocycles. The zero-order chi connectivity index (χ0) is 17.1. The molecule has 0 fully saturated rings. The van der Waals surface area contributed by atoms with E-state index in [9.17, 15) is 4.79 Å². The van der Waals surface area contributed by atoms with E-state index in [0.717, 1.165) is 38.6 Å². The second-order valence-electron chi connectivity index (χ2n) is 5.28. The van der Waals surface area contributed by atoms with Crippen molar-refractivity contribution < 1.29 is 4.79 Å². The average molecular weight is 450 g/mol. The number of hydrogen-bond acceptors (Lipinski definition) is 3. The Hall–Kier alpha value is -1.32. The van der Waals surface area contributed by atoms with Gasteiger partial charge < -0.3 is 15.1 Å². The fourth-order valence-corrected chi connectivity index (χ4v) is 2.27. The quantitative estimate of drug-likeness (QED) is 0.269. The Bertz CT molecular complexity index is 473. The van der Waals surface area contributed by atoms with Crippen molar-refractivity contribution in [1.29, 1.82) is 0 Å². The molecule has 0 radical (unpaired) electrons. The lowest BCUT2D eigenvalue weighted by Gasteiger charge is -2.25. The van der Waals surface area contributed by atoms with Crippen molar-refractivity contribution in [3.05, 3.63) is 18.5 Å². The average Bonchev–Trinajstić information content (AvgIpc) is 3.04. The van der Waals surface area contributed by atoms with E-state index >= 15 is 0 Å². The van der Waals surface area contributed by atoms with Crippen molar-refractivity contribution >= 4 is 35.8 Å². The highest BCUT2D eigenvalue weighted by Crippen LogP contribution is 1.95. The number of aryl methyl sites for hydroxylation is 1. The lowest BCUT2D eigenvalue weighted by Crippen LogP contribution is -2.45. The molecular formula is C16H31IN6O. The number of aromatic nitrogens is 2. The van der Waals surface area contributed by atoms with E-state index in [4.69, 9.17) is 0 Å². The highest BCUT2D eigenvalue weighted by atomic mass is 127. The second-order valence-corrected chi connectivity index (χ2v) is 5.28. The minimum Gasteiger partial charge on any atom is -0.357 e. The van der Waals surface area contributed by atoms with Crippen molar-refractivity contribution in [2.45, 2.75) is 33.7 Å². The summed E-state index contributed by atoms with van der Waals surface area (Å²) in [5.41, 5.74) is 0. The number of amides is 1. The molecule has 0 spiro atoms. The molecule has 0 atom stereocenters. The molecule has 0 unspecified atom stereocenters. The van der Waals surface area contributed by atoms with Crippen LogP contribution in [0.5, 0.6) is 0 Å². The molecular weight excluding hydrogens is 419 g/mol. The summed E-state index contributed by atoms with van der Waals surface area (Å²) in [5, 5.41) is 7.41. The zero-order valence-electron chi connectivity index (χ0n) is 15.2. The van der Waals surface area contributed by atoms with E-state index in [-0.39, 0.29) is 29.9 Å². The molecule has 1 aromatic rings. The summed E-state index contributed by atoms with van der Waals surface area (Å²) in [5.74, 6) is 0.896. The topological polar surface area (TPSA) is 65.8 Å². The Morgan fingerprint density at radius 2 is 2.00 bits per heavy atom. The van der Waals surface area contributed by atoms with E-state index in [1.54, 1.807) is 6.20 Å². The first-order valence-electron chi connectivity index (χ1n) is 8.36. The predicted molar refractivity (Wildman–Crippen MR) is 109 cm³/mol. The molecule has 24 heavy (non-hydrogen) atoms. The maximum Gasteiger partial charge on any atom is 0.242 e. The highest BCUT2D eigenvalue weighted by molar-refractivity contribution is 14.0. The Morgan fingerprint density at radius 1 is 1.29 bits per heavy atom. The molecule has 1 N–H and O–H groups in total. The molecule has 0 aliphatic carbocycles. The van der Waals surface area contributed by atoms with E-state index in [1.807, 2.05) is 54.6 Å². The number of nitrogens with zero attached hydrogens (tertiary/aromatic N) is 5. The Kier molecular flexibility index (Phi) is 12.3. The van der Waals surface area contributed by atoms with Gasteiger partial charge in [-0.15, -0.1) is 24.0 Å². The number of aliphatic imine (C=N–C) groups is 1. The van der Waals surface area contributed by atoms with Crippen LogP contribution in [0.3, 0.4) is 0 Å². The number of guanidine groups is 1. The first kappa shape index (κ1) is 22.7. The highest BCUT2D eigenvalue weighted by Gasteiger charge is 2.14. The van der Waals surface area contributed by atoms with Crippen LogP contribution in [0.1, 0.15) is 27.2 Å². The monoisotopic (exact) mass is 450 g/mol. The molecule has 1 heterocycles. The molecule has 1 amide bonds. The van der Waals surface area contributed by atoms with Crippen LogP contribution in [0.2, 0.25) is 0 Å². The SMILES string of the molecule is CCNC(=NCCCn1cccn1)N(C)CC(=O)N(CC)CC.I. The zero-order valence-corrected chi connectivity index (χ0v) is 17.6. The summed E-state index contributed by atoms with van der Waals surface area (Å²) in [6.45, 7) is 10.2. The first-order chi connectivity index (χ1) is 11.1. The maximum atomic E-state index is 12.2. The summed E-state index contributed by atoms with van der Waals surface area (Å²) >= 11 is 0. The van der Waals surface area contributed by atoms with E-state index in [1.165, 1.54) is 0 Å². The third-order valence-corrected chi connectivity index (χ3v) is 3.55. The van der Waals surface area contributed by atoms with Gasteiger partial charge in [-0.05, 0) is 33.3 Å². The second kappa shape index (κ2) is 13.0. The fraction of sp³-hybridized carbons (Fsp3) is 0.688. The lowest BCUT2D eigenvalue weighted by molar-refractivity contribution is -0.131. The number of carbonyl (C=O) groups is 1. The van der Waals surface area contributed by atoms with Gasteiger partial charge in [-0.1, -0.05) is 0 Å². The van der Waals surface area contributed by atoms with Crippen LogP contribution in [-0.4, -0.2) is 71.2 Å². The summed E-state index contributed by atoms with van der Waals surface area (Å²) in [4.78, 5) is 20.5. The molecule has 1 aromatic heterocycles. The van der Waals surface area contributed by atoms with Crippen LogP contribution < -0.4 is 5.32 Å². The van der Waals surface area contributed by atoms with E-state index < -0.39 is 0 Å². The third-order valence-electron chi connectivity index (χ3n) is 3.55. The van der Waals surface area contributed by atoms with Crippen molar-refractivity contribution in [1.82, 2.24) is 24.9 Å². The Balaban J connectivity index is 0.00000529. The Labute approximate surface area is 162 Å².